The van der Waals surface area contributed by atoms with Gasteiger partial charge in [-0.2, -0.15) is 0 Å². The molecule has 0 saturated heterocycles. The van der Waals surface area contributed by atoms with Crippen molar-refractivity contribution in [2.24, 2.45) is 0 Å². The number of Topliss-reactive ketones (excluding diaryl/α,β-unsaturated/α-hetero) is 3. The third-order valence-electron chi connectivity index (χ3n) is 27.5. The van der Waals surface area contributed by atoms with Crippen LogP contribution in [0.25, 0.3) is 0 Å². The minimum Gasteiger partial charge on any atom is -0.494 e. The van der Waals surface area contributed by atoms with E-state index in [2.05, 4.69) is 41.5 Å². The van der Waals surface area contributed by atoms with Crippen LogP contribution in [0.3, 0.4) is 0 Å². The second-order valence-corrected chi connectivity index (χ2v) is 39.0. The third-order valence-corrected chi connectivity index (χ3v) is 27.5. The molecule has 1 aliphatic carbocycles. The summed E-state index contributed by atoms with van der Waals surface area (Å²) in [5, 5.41) is 41.7. The number of esters is 3. The van der Waals surface area contributed by atoms with Gasteiger partial charge in [0.05, 0.1) is 56.3 Å². The normalized spacial score (nSPS) is 16.8. The Morgan fingerprint density at radius 1 is 0.196 bits per heavy atom. The summed E-state index contributed by atoms with van der Waals surface area (Å²) in [6, 6.07) is 33.8. The first-order chi connectivity index (χ1) is 67.6. The first kappa shape index (κ1) is 116. The minimum atomic E-state index is -4.22. The summed E-state index contributed by atoms with van der Waals surface area (Å²) in [5.74, 6) is -7.20. The van der Waals surface area contributed by atoms with Crippen molar-refractivity contribution in [2.45, 2.75) is 462 Å². The van der Waals surface area contributed by atoms with E-state index in [4.69, 9.17) is 42.6 Å². The van der Waals surface area contributed by atoms with Crippen LogP contribution in [-0.2, 0) is 14.2 Å². The topological polar surface area (TPSA) is 246 Å². The zero-order valence-corrected chi connectivity index (χ0v) is 86.2. The number of ether oxygens (including phenoxy) is 9. The Morgan fingerprint density at radius 2 is 0.341 bits per heavy atom. The second kappa shape index (κ2) is 71.0. The van der Waals surface area contributed by atoms with Gasteiger partial charge in [0.2, 0.25) is 17.3 Å². The van der Waals surface area contributed by atoms with Gasteiger partial charge in [0, 0.05) is 16.7 Å². The van der Waals surface area contributed by atoms with Crippen LogP contribution in [0.4, 0.5) is 0 Å². The molecule has 6 aromatic rings. The molecule has 3 N–H and O–H groups in total. The molecule has 768 valence electrons. The monoisotopic (exact) mass is 1910 g/mol. The van der Waals surface area contributed by atoms with Crippen LogP contribution < -0.4 is 28.4 Å². The Balaban J connectivity index is 1.44. The smallest absolute Gasteiger partial charge is 0.339 e. The molecule has 18 heteroatoms. The van der Waals surface area contributed by atoms with E-state index in [1.165, 1.54) is 357 Å². The van der Waals surface area contributed by atoms with Crippen LogP contribution in [0.15, 0.2) is 146 Å². The number of hydrogen-bond donors (Lipinski definition) is 3. The molecule has 6 aromatic carbocycles. The van der Waals surface area contributed by atoms with Crippen LogP contribution in [-0.4, -0.2) is 125 Å². The van der Waals surface area contributed by atoms with Crippen molar-refractivity contribution in [2.75, 3.05) is 39.6 Å². The number of aliphatic hydroxyl groups excluding tert-OH is 3. The number of rotatable bonds is 84. The summed E-state index contributed by atoms with van der Waals surface area (Å²) >= 11 is 0. The zero-order valence-electron chi connectivity index (χ0n) is 86.2. The standard InChI is InChI=1S/C120H180O18/c1-7-13-19-25-31-37-43-49-55-61-91-130-103-79-67-97(68-80-103)110(122)118(136-115(127)100-73-85-106(86-74-100)133-94-64-58-52-46-40-34-28-22-16-10-4)113(125)109(121)114(126)119(111(123)98-69-81-104(82-70-98)131-92-62-56-50-44-38-32-26-20-14-8-2,137-116(128)101-75-87-107(88-76-101)134-95-65-59-53-47-41-35-29-23-17-11-5)120(118,112(124)99-71-83-105(84-72-99)132-93-63-57-51-45-39-33-27-21-15-9-3)138-117(129)102-77-89-108(90-78-102)135-96-66-60-54-48-42-36-30-24-18-12-6/h67-90,109,113-114,121,125-126H,7-66,91-96H2,1-6H3/t109?,113-,114+,118+,119-,120?. The summed E-state index contributed by atoms with van der Waals surface area (Å²) in [6.45, 7) is 15.2. The van der Waals surface area contributed by atoms with Gasteiger partial charge in [0.1, 0.15) is 52.8 Å². The molecule has 1 fully saturated rings. The van der Waals surface area contributed by atoms with Gasteiger partial charge < -0.3 is 58.0 Å². The number of benzene rings is 6. The molecule has 1 saturated carbocycles. The van der Waals surface area contributed by atoms with E-state index in [-0.39, 0.29) is 29.0 Å². The van der Waals surface area contributed by atoms with Gasteiger partial charge >= 0.3 is 17.9 Å². The lowest BCUT2D eigenvalue weighted by Crippen LogP contribution is -2.91. The molecule has 2 unspecified atom stereocenters. The largest absolute Gasteiger partial charge is 0.494 e. The van der Waals surface area contributed by atoms with Crippen molar-refractivity contribution in [3.05, 3.63) is 179 Å². The fraction of sp³-hybridized carbons (Fsp3) is 0.650. The van der Waals surface area contributed by atoms with Crippen LogP contribution in [0, 0.1) is 0 Å². The Bertz CT molecular complexity index is 4000. The molecular weight excluding hydrogens is 1730 g/mol. The lowest BCUT2D eigenvalue weighted by atomic mass is 9.52. The third kappa shape index (κ3) is 40.4. The van der Waals surface area contributed by atoms with Crippen LogP contribution in [0.1, 0.15) is 489 Å². The highest BCUT2D eigenvalue weighted by atomic mass is 16.7. The van der Waals surface area contributed by atoms with Gasteiger partial charge in [-0.05, 0) is 184 Å². The molecule has 1 aliphatic rings. The Kier molecular flexibility index (Phi) is 59.8. The van der Waals surface area contributed by atoms with Crippen LogP contribution >= 0.6 is 0 Å². The quantitative estimate of drug-likeness (QED) is 0.0139. The zero-order chi connectivity index (χ0) is 98.6. The van der Waals surface area contributed by atoms with Crippen molar-refractivity contribution >= 4 is 35.3 Å². The Labute approximate surface area is 832 Å². The van der Waals surface area contributed by atoms with E-state index >= 15 is 28.8 Å². The van der Waals surface area contributed by atoms with E-state index in [0.717, 1.165) is 154 Å². The predicted octanol–water partition coefficient (Wildman–Crippen LogP) is 31.3. The molecule has 18 nitrogen and oxygen atoms in total. The minimum absolute atomic E-state index is 0.281. The van der Waals surface area contributed by atoms with Gasteiger partial charge in [-0.15, -0.1) is 0 Å². The molecule has 6 atom stereocenters. The first-order valence-corrected chi connectivity index (χ1v) is 55.3. The highest BCUT2D eigenvalue weighted by Crippen LogP contribution is 2.57. The SMILES string of the molecule is CCCCCCCCCCCCOc1ccc(C(=O)OC2(C(=O)c3ccc(OCCCCCCCCCCCC)cc3)[C@@](OC(=O)c3ccc(OCCCCCCCCCCCC)cc3)(C(=O)c3ccc(OCCCCCCCCCCCC)cc3)[C@@H](O)C(O)[C@@H](O)[C@@]2(OC(=O)c2ccc(OCCCCCCCCCCCC)cc2)C(=O)c2ccc(OCCCCCCCCCCCC)cc2)cc1. The van der Waals surface area contributed by atoms with Crippen LogP contribution in [0.2, 0.25) is 0 Å². The maximum absolute atomic E-state index is 18.2. The molecule has 7 rings (SSSR count). The molecule has 0 aromatic heterocycles. The average Bonchev–Trinajstić information content (AvgIpc) is 0.656. The van der Waals surface area contributed by atoms with Gasteiger partial charge in [-0.3, -0.25) is 14.4 Å². The number of aliphatic hydroxyl groups is 3. The van der Waals surface area contributed by atoms with E-state index in [1.807, 2.05) is 0 Å². The Hall–Kier alpha value is -8.58. The van der Waals surface area contributed by atoms with E-state index in [1.54, 1.807) is 0 Å². The van der Waals surface area contributed by atoms with E-state index < -0.39 is 87.1 Å². The first-order valence-electron chi connectivity index (χ1n) is 55.3. The molecule has 0 amide bonds. The summed E-state index contributed by atoms with van der Waals surface area (Å²) in [6.07, 6.45) is 57.3. The molecule has 138 heavy (non-hydrogen) atoms. The molecule has 0 aliphatic heterocycles. The molecule has 0 spiro atoms. The summed E-state index contributed by atoms with van der Waals surface area (Å²) < 4.78 is 58.9. The lowest BCUT2D eigenvalue weighted by Gasteiger charge is -2.60. The fourth-order valence-electron chi connectivity index (χ4n) is 18.9. The number of hydrogen-bond acceptors (Lipinski definition) is 18. The number of carbonyl (C=O) groups excluding carboxylic acids is 6. The van der Waals surface area contributed by atoms with Crippen molar-refractivity contribution < 1.29 is 86.7 Å². The molecule has 0 heterocycles. The summed E-state index contributed by atoms with van der Waals surface area (Å²) in [5.41, 5.74) is -14.7. The van der Waals surface area contributed by atoms with Crippen molar-refractivity contribution in [3.8, 4) is 34.5 Å². The van der Waals surface area contributed by atoms with Gasteiger partial charge in [-0.1, -0.05) is 388 Å². The maximum atomic E-state index is 18.2. The molecular formula is C120H180O18. The number of ketones is 3. The highest BCUT2D eigenvalue weighted by Gasteiger charge is 2.88. The summed E-state index contributed by atoms with van der Waals surface area (Å²) in [4.78, 5) is 103. The summed E-state index contributed by atoms with van der Waals surface area (Å²) in [7, 11) is 0. The number of carbonyl (C=O) groups is 6. The molecule has 0 bridgehead atoms. The molecule has 0 radical (unpaired) electrons. The lowest BCUT2D eigenvalue weighted by molar-refractivity contribution is -0.293. The highest BCUT2D eigenvalue weighted by molar-refractivity contribution is 6.21. The van der Waals surface area contributed by atoms with Gasteiger partial charge in [-0.25, -0.2) is 14.4 Å². The fourth-order valence-corrected chi connectivity index (χ4v) is 18.9. The van der Waals surface area contributed by atoms with Crippen molar-refractivity contribution in [1.82, 2.24) is 0 Å². The number of unbranched alkanes of at least 4 members (excludes halogenated alkanes) is 54. The second-order valence-electron chi connectivity index (χ2n) is 39.0. The van der Waals surface area contributed by atoms with Gasteiger partial charge in [0.25, 0.3) is 16.8 Å². The van der Waals surface area contributed by atoms with Crippen molar-refractivity contribution in [1.29, 1.82) is 0 Å². The van der Waals surface area contributed by atoms with Crippen molar-refractivity contribution in [3.63, 3.8) is 0 Å². The Morgan fingerprint density at radius 3 is 0.514 bits per heavy atom. The van der Waals surface area contributed by atoms with Crippen LogP contribution in [0.5, 0.6) is 34.5 Å². The van der Waals surface area contributed by atoms with E-state index in [9.17, 15) is 15.3 Å². The van der Waals surface area contributed by atoms with E-state index in [0.29, 0.717) is 81.0 Å². The maximum Gasteiger partial charge on any atom is 0.339 e. The van der Waals surface area contributed by atoms with Gasteiger partial charge in [0.15, 0.2) is 0 Å². The predicted molar refractivity (Wildman–Crippen MR) is 558 cm³/mol. The average molecular weight is 1910 g/mol.